The molecule has 0 fully saturated rings. The van der Waals surface area contributed by atoms with E-state index in [4.69, 9.17) is 21.5 Å². The molecule has 2 aromatic carbocycles. The van der Waals surface area contributed by atoms with Crippen LogP contribution < -0.4 is 14.8 Å². The van der Waals surface area contributed by atoms with Gasteiger partial charge in [-0.3, -0.25) is 9.59 Å². The number of anilines is 1. The lowest BCUT2D eigenvalue weighted by Crippen LogP contribution is -2.31. The second kappa shape index (κ2) is 6.56. The number of hydrogen-bond donors (Lipinski definition) is 1. The van der Waals surface area contributed by atoms with E-state index >= 15 is 0 Å². The van der Waals surface area contributed by atoms with Gasteiger partial charge in [0.2, 0.25) is 10.0 Å². The molecule has 0 unspecified atom stereocenters. The van der Waals surface area contributed by atoms with Crippen LogP contribution in [0, 0.1) is 0 Å². The standard InChI is InChI=1S/C17H13ClN2O5S/c1-25-13-5-3-2-4-12(13)14-15(18)17(22)20(16(14)21)10-6-8-11(9-7-10)26(19,23)24/h2-9H,1H3,(H2,19,23,24). The number of carbonyl (C=O) groups is 2. The highest BCUT2D eigenvalue weighted by Crippen LogP contribution is 2.38. The third-order valence-corrected chi connectivity index (χ3v) is 5.11. The number of ether oxygens (including phenoxy) is 1. The number of hydrogen-bond acceptors (Lipinski definition) is 5. The highest BCUT2D eigenvalue weighted by molar-refractivity contribution is 7.89. The molecule has 2 amide bonds. The zero-order valence-corrected chi connectivity index (χ0v) is 15.0. The van der Waals surface area contributed by atoms with Gasteiger partial charge in [-0.25, -0.2) is 18.5 Å². The molecular weight excluding hydrogens is 380 g/mol. The molecule has 0 atom stereocenters. The van der Waals surface area contributed by atoms with Crippen LogP contribution in [0.2, 0.25) is 0 Å². The monoisotopic (exact) mass is 392 g/mol. The number of primary sulfonamides is 1. The molecule has 0 aromatic heterocycles. The van der Waals surface area contributed by atoms with Gasteiger partial charge in [0, 0.05) is 5.56 Å². The summed E-state index contributed by atoms with van der Waals surface area (Å²) in [6.45, 7) is 0. The van der Waals surface area contributed by atoms with Gasteiger partial charge in [-0.2, -0.15) is 0 Å². The molecule has 2 aromatic rings. The quantitative estimate of drug-likeness (QED) is 0.799. The summed E-state index contributed by atoms with van der Waals surface area (Å²) in [5.74, 6) is -0.943. The average molecular weight is 393 g/mol. The Morgan fingerprint density at radius 2 is 1.62 bits per heavy atom. The van der Waals surface area contributed by atoms with Crippen molar-refractivity contribution in [1.29, 1.82) is 0 Å². The molecular formula is C17H13ClN2O5S. The maximum atomic E-state index is 12.8. The molecule has 2 N–H and O–H groups in total. The number of sulfonamides is 1. The molecule has 134 valence electrons. The summed E-state index contributed by atoms with van der Waals surface area (Å²) in [7, 11) is -2.44. The van der Waals surface area contributed by atoms with Crippen molar-refractivity contribution in [3.8, 4) is 5.75 Å². The molecule has 0 aliphatic carbocycles. The second-order valence-corrected chi connectivity index (χ2v) is 7.31. The summed E-state index contributed by atoms with van der Waals surface area (Å²) < 4.78 is 27.9. The van der Waals surface area contributed by atoms with Crippen LogP contribution in [0.4, 0.5) is 5.69 Å². The summed E-state index contributed by atoms with van der Waals surface area (Å²) in [5.41, 5.74) is 0.585. The van der Waals surface area contributed by atoms with Crippen molar-refractivity contribution in [1.82, 2.24) is 0 Å². The number of imide groups is 1. The largest absolute Gasteiger partial charge is 0.496 e. The third-order valence-electron chi connectivity index (χ3n) is 3.83. The minimum atomic E-state index is -3.89. The Morgan fingerprint density at radius 3 is 2.19 bits per heavy atom. The van der Waals surface area contributed by atoms with Gasteiger partial charge < -0.3 is 4.74 Å². The second-order valence-electron chi connectivity index (χ2n) is 5.37. The fraction of sp³-hybridized carbons (Fsp3) is 0.0588. The first-order valence-electron chi connectivity index (χ1n) is 7.30. The Labute approximate surface area is 154 Å². The fourth-order valence-electron chi connectivity index (χ4n) is 2.61. The first-order chi connectivity index (χ1) is 12.3. The summed E-state index contributed by atoms with van der Waals surface area (Å²) in [5, 5.41) is 4.81. The van der Waals surface area contributed by atoms with Gasteiger partial charge in [-0.15, -0.1) is 0 Å². The number of halogens is 1. The Balaban J connectivity index is 2.04. The molecule has 0 radical (unpaired) electrons. The maximum absolute atomic E-state index is 12.8. The van der Waals surface area contributed by atoms with Gasteiger partial charge in [0.25, 0.3) is 11.8 Å². The van der Waals surface area contributed by atoms with Crippen molar-refractivity contribution in [2.75, 3.05) is 12.0 Å². The van der Waals surface area contributed by atoms with E-state index in [1.54, 1.807) is 24.3 Å². The Kier molecular flexibility index (Phi) is 4.57. The first-order valence-corrected chi connectivity index (χ1v) is 9.23. The molecule has 7 nitrogen and oxygen atoms in total. The number of nitrogens with zero attached hydrogens (tertiary/aromatic N) is 1. The molecule has 0 saturated heterocycles. The van der Waals surface area contributed by atoms with Crippen LogP contribution in [0.1, 0.15) is 5.56 Å². The lowest BCUT2D eigenvalue weighted by molar-refractivity contribution is -0.119. The van der Waals surface area contributed by atoms with Crippen molar-refractivity contribution < 1.29 is 22.7 Å². The number of amides is 2. The first kappa shape index (κ1) is 18.1. The van der Waals surface area contributed by atoms with Gasteiger partial charge in [-0.05, 0) is 30.3 Å². The Bertz CT molecular complexity index is 1050. The summed E-state index contributed by atoms with van der Waals surface area (Å²) >= 11 is 6.13. The van der Waals surface area contributed by atoms with E-state index in [-0.39, 0.29) is 21.2 Å². The van der Waals surface area contributed by atoms with Crippen molar-refractivity contribution in [2.45, 2.75) is 4.90 Å². The van der Waals surface area contributed by atoms with Crippen molar-refractivity contribution >= 4 is 44.7 Å². The summed E-state index contributed by atoms with van der Waals surface area (Å²) in [6.07, 6.45) is 0. The number of para-hydroxylation sites is 1. The molecule has 0 spiro atoms. The topological polar surface area (TPSA) is 107 Å². The van der Waals surface area contributed by atoms with Gasteiger partial charge in [0.1, 0.15) is 10.8 Å². The minimum Gasteiger partial charge on any atom is -0.496 e. The van der Waals surface area contributed by atoms with Gasteiger partial charge in [-0.1, -0.05) is 29.8 Å². The van der Waals surface area contributed by atoms with E-state index in [1.165, 1.54) is 31.4 Å². The molecule has 0 bridgehead atoms. The lowest BCUT2D eigenvalue weighted by Gasteiger charge is -2.15. The SMILES string of the molecule is COc1ccccc1C1=C(Cl)C(=O)N(c2ccc(S(N)(=O)=O)cc2)C1=O. The zero-order chi connectivity index (χ0) is 19.1. The van der Waals surface area contributed by atoms with Crippen LogP contribution in [0.15, 0.2) is 58.5 Å². The Hall–Kier alpha value is -2.68. The van der Waals surface area contributed by atoms with Gasteiger partial charge >= 0.3 is 0 Å². The van der Waals surface area contributed by atoms with E-state index in [0.717, 1.165) is 4.90 Å². The normalized spacial score (nSPS) is 15.0. The smallest absolute Gasteiger partial charge is 0.277 e. The van der Waals surface area contributed by atoms with Crippen LogP contribution >= 0.6 is 11.6 Å². The zero-order valence-electron chi connectivity index (χ0n) is 13.5. The number of carbonyl (C=O) groups excluding carboxylic acids is 2. The predicted molar refractivity (Wildman–Crippen MR) is 96.1 cm³/mol. The lowest BCUT2D eigenvalue weighted by atomic mass is 10.1. The molecule has 1 heterocycles. The predicted octanol–water partition coefficient (Wildman–Crippen LogP) is 1.87. The van der Waals surface area contributed by atoms with E-state index in [2.05, 4.69) is 0 Å². The number of benzene rings is 2. The van der Waals surface area contributed by atoms with Crippen LogP contribution in [0.3, 0.4) is 0 Å². The average Bonchev–Trinajstić information content (AvgIpc) is 2.83. The number of nitrogens with two attached hydrogens (primary N) is 1. The van der Waals surface area contributed by atoms with Crippen molar-refractivity contribution in [3.05, 3.63) is 59.1 Å². The third kappa shape index (κ3) is 2.98. The minimum absolute atomic E-state index is 0.0182. The van der Waals surface area contributed by atoms with E-state index < -0.39 is 21.8 Å². The summed E-state index contributed by atoms with van der Waals surface area (Å²) in [4.78, 5) is 26.1. The van der Waals surface area contributed by atoms with Crippen LogP contribution in [0.5, 0.6) is 5.75 Å². The van der Waals surface area contributed by atoms with Crippen LogP contribution in [0.25, 0.3) is 5.57 Å². The van der Waals surface area contributed by atoms with Crippen LogP contribution in [-0.2, 0) is 19.6 Å². The highest BCUT2D eigenvalue weighted by Gasteiger charge is 2.40. The van der Waals surface area contributed by atoms with Crippen molar-refractivity contribution in [3.63, 3.8) is 0 Å². The molecule has 1 aliphatic rings. The summed E-state index contributed by atoms with van der Waals surface area (Å²) in [6, 6.07) is 11.7. The van der Waals surface area contributed by atoms with Crippen molar-refractivity contribution in [2.24, 2.45) is 5.14 Å². The fourth-order valence-corrected chi connectivity index (χ4v) is 3.39. The van der Waals surface area contributed by atoms with Gasteiger partial charge in [0.15, 0.2) is 0 Å². The molecule has 9 heteroatoms. The number of rotatable bonds is 4. The van der Waals surface area contributed by atoms with E-state index in [1.807, 2.05) is 0 Å². The molecule has 1 aliphatic heterocycles. The Morgan fingerprint density at radius 1 is 1.00 bits per heavy atom. The molecule has 0 saturated carbocycles. The van der Waals surface area contributed by atoms with E-state index in [0.29, 0.717) is 11.3 Å². The van der Waals surface area contributed by atoms with Gasteiger partial charge in [0.05, 0.1) is 23.3 Å². The van der Waals surface area contributed by atoms with Crippen LogP contribution in [-0.4, -0.2) is 27.3 Å². The molecule has 3 rings (SSSR count). The maximum Gasteiger partial charge on any atom is 0.277 e. The highest BCUT2D eigenvalue weighted by atomic mass is 35.5. The van der Waals surface area contributed by atoms with E-state index in [9.17, 15) is 18.0 Å². The molecule has 26 heavy (non-hydrogen) atoms. The number of methoxy groups -OCH3 is 1.